The lowest BCUT2D eigenvalue weighted by Gasteiger charge is -2.20. The summed E-state index contributed by atoms with van der Waals surface area (Å²) in [6.07, 6.45) is 3.37. The first-order valence-electron chi connectivity index (χ1n) is 7.22. The second-order valence-electron chi connectivity index (χ2n) is 5.42. The molecule has 1 aliphatic rings. The molecule has 106 valence electrons. The summed E-state index contributed by atoms with van der Waals surface area (Å²) in [5.74, 6) is 0.594. The van der Waals surface area contributed by atoms with Gasteiger partial charge >= 0.3 is 0 Å². The van der Waals surface area contributed by atoms with E-state index in [-0.39, 0.29) is 18.1 Å². The second kappa shape index (κ2) is 7.74. The number of unbranched alkanes of at least 4 members (excludes halogenated alkanes) is 1. The van der Waals surface area contributed by atoms with Crippen LogP contribution in [-0.2, 0) is 9.53 Å². The molecule has 18 heavy (non-hydrogen) atoms. The third-order valence-corrected chi connectivity index (χ3v) is 3.43. The zero-order chi connectivity index (χ0) is 13.5. The topological polar surface area (TPSA) is 41.6 Å². The Morgan fingerprint density at radius 1 is 1.33 bits per heavy atom. The number of ether oxygens (including phenoxy) is 1. The van der Waals surface area contributed by atoms with Crippen molar-refractivity contribution in [1.82, 2.24) is 10.2 Å². The SMILES string of the molecule is CCCCOCCCN1C(=O)C(C(C)C)NC1C. The molecule has 1 N–H and O–H groups in total. The molecular formula is C14H28N2O2. The van der Waals surface area contributed by atoms with Crippen molar-refractivity contribution in [3.8, 4) is 0 Å². The molecule has 1 aliphatic heterocycles. The molecule has 0 spiro atoms. The monoisotopic (exact) mass is 256 g/mol. The fraction of sp³-hybridized carbons (Fsp3) is 0.929. The molecule has 4 nitrogen and oxygen atoms in total. The molecule has 0 aromatic carbocycles. The standard InChI is InChI=1S/C14H28N2O2/c1-5-6-9-18-10-7-8-16-12(4)15-13(11(2)3)14(16)17/h11-13,15H,5-10H2,1-4H3. The molecule has 1 rings (SSSR count). The van der Waals surface area contributed by atoms with Crippen LogP contribution in [0.1, 0.15) is 47.0 Å². The van der Waals surface area contributed by atoms with E-state index in [9.17, 15) is 4.79 Å². The molecule has 1 amide bonds. The number of rotatable bonds is 8. The van der Waals surface area contributed by atoms with Crippen LogP contribution in [0.25, 0.3) is 0 Å². The van der Waals surface area contributed by atoms with E-state index >= 15 is 0 Å². The normalized spacial score (nSPS) is 24.3. The van der Waals surface area contributed by atoms with Gasteiger partial charge in [-0.2, -0.15) is 0 Å². The van der Waals surface area contributed by atoms with Gasteiger partial charge in [0, 0.05) is 19.8 Å². The van der Waals surface area contributed by atoms with Crippen LogP contribution >= 0.6 is 0 Å². The van der Waals surface area contributed by atoms with Gasteiger partial charge in [-0.1, -0.05) is 27.2 Å². The molecule has 0 saturated carbocycles. The van der Waals surface area contributed by atoms with Crippen LogP contribution in [-0.4, -0.2) is 42.8 Å². The Bertz CT molecular complexity index is 256. The van der Waals surface area contributed by atoms with Gasteiger partial charge in [-0.25, -0.2) is 0 Å². The number of hydrogen-bond donors (Lipinski definition) is 1. The Kier molecular flexibility index (Phi) is 6.65. The minimum Gasteiger partial charge on any atom is -0.381 e. The van der Waals surface area contributed by atoms with Crippen molar-refractivity contribution in [1.29, 1.82) is 0 Å². The highest BCUT2D eigenvalue weighted by atomic mass is 16.5. The number of nitrogens with zero attached hydrogens (tertiary/aromatic N) is 1. The van der Waals surface area contributed by atoms with Crippen LogP contribution in [0.4, 0.5) is 0 Å². The zero-order valence-electron chi connectivity index (χ0n) is 12.2. The molecule has 0 bridgehead atoms. The third kappa shape index (κ3) is 4.25. The van der Waals surface area contributed by atoms with Crippen molar-refractivity contribution in [3.63, 3.8) is 0 Å². The smallest absolute Gasteiger partial charge is 0.241 e. The van der Waals surface area contributed by atoms with Crippen molar-refractivity contribution in [2.75, 3.05) is 19.8 Å². The summed E-state index contributed by atoms with van der Waals surface area (Å²) >= 11 is 0. The third-order valence-electron chi connectivity index (χ3n) is 3.43. The molecule has 0 aliphatic carbocycles. The molecular weight excluding hydrogens is 228 g/mol. The van der Waals surface area contributed by atoms with Crippen molar-refractivity contribution >= 4 is 5.91 Å². The summed E-state index contributed by atoms with van der Waals surface area (Å²) in [6.45, 7) is 10.8. The van der Waals surface area contributed by atoms with E-state index in [2.05, 4.69) is 33.0 Å². The lowest BCUT2D eigenvalue weighted by Crippen LogP contribution is -2.35. The number of hydrogen-bond acceptors (Lipinski definition) is 3. The summed E-state index contributed by atoms with van der Waals surface area (Å²) in [4.78, 5) is 14.1. The molecule has 1 heterocycles. The average molecular weight is 256 g/mol. The second-order valence-corrected chi connectivity index (χ2v) is 5.42. The van der Waals surface area contributed by atoms with Crippen molar-refractivity contribution in [2.45, 2.75) is 59.2 Å². The number of carbonyl (C=O) groups is 1. The minimum absolute atomic E-state index is 0.0130. The average Bonchev–Trinajstić information content (AvgIpc) is 2.60. The van der Waals surface area contributed by atoms with Gasteiger partial charge in [0.2, 0.25) is 5.91 Å². The Hall–Kier alpha value is -0.610. The maximum absolute atomic E-state index is 12.1. The van der Waals surface area contributed by atoms with E-state index in [4.69, 9.17) is 4.74 Å². The van der Waals surface area contributed by atoms with Crippen LogP contribution in [0.2, 0.25) is 0 Å². The van der Waals surface area contributed by atoms with Gasteiger partial charge in [-0.15, -0.1) is 0 Å². The predicted octanol–water partition coefficient (Wildman–Crippen LogP) is 2.00. The lowest BCUT2D eigenvalue weighted by molar-refractivity contribution is -0.130. The van der Waals surface area contributed by atoms with E-state index in [1.165, 1.54) is 6.42 Å². The highest BCUT2D eigenvalue weighted by Gasteiger charge is 2.37. The highest BCUT2D eigenvalue weighted by Crippen LogP contribution is 2.16. The molecule has 4 heteroatoms. The van der Waals surface area contributed by atoms with Crippen molar-refractivity contribution in [2.24, 2.45) is 5.92 Å². The number of amides is 1. The lowest BCUT2D eigenvalue weighted by atomic mass is 10.1. The van der Waals surface area contributed by atoms with Crippen LogP contribution in [0.3, 0.4) is 0 Å². The van der Waals surface area contributed by atoms with Crippen molar-refractivity contribution in [3.05, 3.63) is 0 Å². The van der Waals surface area contributed by atoms with Crippen LogP contribution in [0.5, 0.6) is 0 Å². The summed E-state index contributed by atoms with van der Waals surface area (Å²) < 4.78 is 5.52. The maximum atomic E-state index is 12.1. The number of nitrogens with one attached hydrogen (secondary N) is 1. The molecule has 0 radical (unpaired) electrons. The zero-order valence-corrected chi connectivity index (χ0v) is 12.2. The summed E-state index contributed by atoms with van der Waals surface area (Å²) in [5, 5.41) is 3.35. The molecule has 0 aromatic rings. The van der Waals surface area contributed by atoms with Gasteiger partial charge in [-0.3, -0.25) is 10.1 Å². The first-order chi connectivity index (χ1) is 8.57. The molecule has 1 saturated heterocycles. The highest BCUT2D eigenvalue weighted by molar-refractivity contribution is 5.84. The van der Waals surface area contributed by atoms with Gasteiger partial charge in [-0.05, 0) is 25.7 Å². The van der Waals surface area contributed by atoms with Crippen LogP contribution in [0.15, 0.2) is 0 Å². The van der Waals surface area contributed by atoms with Gasteiger partial charge in [0.1, 0.15) is 0 Å². The molecule has 0 aromatic heterocycles. The van der Waals surface area contributed by atoms with E-state index in [0.717, 1.165) is 32.6 Å². The molecule has 1 fully saturated rings. The molecule has 2 atom stereocenters. The summed E-state index contributed by atoms with van der Waals surface area (Å²) in [7, 11) is 0. The van der Waals surface area contributed by atoms with Gasteiger partial charge < -0.3 is 9.64 Å². The maximum Gasteiger partial charge on any atom is 0.241 e. The fourth-order valence-corrected chi connectivity index (χ4v) is 2.26. The Morgan fingerprint density at radius 2 is 2.00 bits per heavy atom. The Balaban J connectivity index is 2.23. The minimum atomic E-state index is -0.0130. The van der Waals surface area contributed by atoms with Gasteiger partial charge in [0.15, 0.2) is 0 Å². The van der Waals surface area contributed by atoms with Crippen LogP contribution in [0, 0.1) is 5.92 Å². The first-order valence-corrected chi connectivity index (χ1v) is 7.22. The van der Waals surface area contributed by atoms with E-state index in [1.54, 1.807) is 0 Å². The predicted molar refractivity (Wildman–Crippen MR) is 73.3 cm³/mol. The fourth-order valence-electron chi connectivity index (χ4n) is 2.26. The van der Waals surface area contributed by atoms with Crippen molar-refractivity contribution < 1.29 is 9.53 Å². The first kappa shape index (κ1) is 15.4. The quantitative estimate of drug-likeness (QED) is 0.675. The van der Waals surface area contributed by atoms with Crippen LogP contribution < -0.4 is 5.32 Å². The largest absolute Gasteiger partial charge is 0.381 e. The Labute approximate surface area is 111 Å². The van der Waals surface area contributed by atoms with E-state index in [1.807, 2.05) is 4.90 Å². The van der Waals surface area contributed by atoms with E-state index < -0.39 is 0 Å². The van der Waals surface area contributed by atoms with Gasteiger partial charge in [0.25, 0.3) is 0 Å². The molecule has 2 unspecified atom stereocenters. The Morgan fingerprint density at radius 3 is 2.56 bits per heavy atom. The summed E-state index contributed by atoms with van der Waals surface area (Å²) in [5.41, 5.74) is 0. The number of carbonyl (C=O) groups excluding carboxylic acids is 1. The summed E-state index contributed by atoms with van der Waals surface area (Å²) in [6, 6.07) is -0.0130. The van der Waals surface area contributed by atoms with E-state index in [0.29, 0.717) is 5.92 Å². The van der Waals surface area contributed by atoms with Gasteiger partial charge in [0.05, 0.1) is 12.2 Å².